The van der Waals surface area contributed by atoms with E-state index in [4.69, 9.17) is 4.74 Å². The zero-order chi connectivity index (χ0) is 9.68. The van der Waals surface area contributed by atoms with Crippen molar-refractivity contribution in [3.8, 4) is 5.75 Å². The van der Waals surface area contributed by atoms with Crippen LogP contribution in [0.3, 0.4) is 0 Å². The summed E-state index contributed by atoms with van der Waals surface area (Å²) in [5.41, 5.74) is 0.619. The molecule has 70 valence electrons. The first-order chi connectivity index (χ1) is 6.27. The van der Waals surface area contributed by atoms with Crippen LogP contribution in [0.15, 0.2) is 18.5 Å². The number of Topliss-reactive ketones (excluding diaryl/α,β-unsaturated/α-hetero) is 1. The minimum atomic E-state index is 0.0917. The van der Waals surface area contributed by atoms with Crippen molar-refractivity contribution >= 4 is 5.78 Å². The summed E-state index contributed by atoms with van der Waals surface area (Å²) in [5.74, 6) is 0.746. The van der Waals surface area contributed by atoms with Crippen LogP contribution in [-0.2, 0) is 0 Å². The molecule has 1 aromatic heterocycles. The highest BCUT2D eigenvalue weighted by Gasteiger charge is 2.04. The van der Waals surface area contributed by atoms with Gasteiger partial charge in [-0.15, -0.1) is 0 Å². The van der Waals surface area contributed by atoms with Crippen LogP contribution in [0.4, 0.5) is 0 Å². The molecule has 3 nitrogen and oxygen atoms in total. The van der Waals surface area contributed by atoms with Crippen molar-refractivity contribution in [2.75, 3.05) is 6.61 Å². The fraction of sp³-hybridized carbons (Fsp3) is 0.400. The molecule has 1 aromatic rings. The largest absolute Gasteiger partial charge is 0.492 e. The second-order valence-electron chi connectivity index (χ2n) is 2.62. The molecule has 0 aliphatic carbocycles. The first-order valence-electron chi connectivity index (χ1n) is 4.39. The van der Waals surface area contributed by atoms with Crippen LogP contribution in [0.2, 0.25) is 0 Å². The van der Waals surface area contributed by atoms with Gasteiger partial charge < -0.3 is 4.74 Å². The van der Waals surface area contributed by atoms with E-state index in [0.29, 0.717) is 24.3 Å². The van der Waals surface area contributed by atoms with Gasteiger partial charge in [0.2, 0.25) is 0 Å². The van der Waals surface area contributed by atoms with E-state index < -0.39 is 0 Å². The molecule has 0 saturated heterocycles. The Hall–Kier alpha value is -1.38. The lowest BCUT2D eigenvalue weighted by Gasteiger charge is -2.03. The maximum absolute atomic E-state index is 11.3. The number of aromatic nitrogens is 1. The monoisotopic (exact) mass is 179 g/mol. The number of nitrogens with zero attached hydrogens (tertiary/aromatic N) is 1. The van der Waals surface area contributed by atoms with Gasteiger partial charge in [-0.25, -0.2) is 0 Å². The van der Waals surface area contributed by atoms with Crippen LogP contribution in [-0.4, -0.2) is 17.4 Å². The second kappa shape index (κ2) is 4.60. The topological polar surface area (TPSA) is 39.2 Å². The minimum Gasteiger partial charge on any atom is -0.492 e. The average Bonchev–Trinajstić information content (AvgIpc) is 2.18. The fourth-order valence-corrected chi connectivity index (χ4v) is 1.02. The quantitative estimate of drug-likeness (QED) is 0.664. The normalized spacial score (nSPS) is 9.69. The number of hydrogen-bond donors (Lipinski definition) is 0. The Morgan fingerprint density at radius 2 is 2.23 bits per heavy atom. The third-order valence-electron chi connectivity index (χ3n) is 1.67. The predicted molar refractivity (Wildman–Crippen MR) is 50.0 cm³/mol. The second-order valence-corrected chi connectivity index (χ2v) is 2.62. The molecule has 0 spiro atoms. The highest BCUT2D eigenvalue weighted by molar-refractivity contribution is 5.95. The number of rotatable bonds is 4. The summed E-state index contributed by atoms with van der Waals surface area (Å²) in [5, 5.41) is 0. The Balaban J connectivity index is 2.85. The van der Waals surface area contributed by atoms with Crippen molar-refractivity contribution in [3.05, 3.63) is 24.0 Å². The molecule has 0 amide bonds. The van der Waals surface area contributed by atoms with E-state index in [1.807, 2.05) is 13.8 Å². The van der Waals surface area contributed by atoms with Gasteiger partial charge in [-0.05, 0) is 13.0 Å². The summed E-state index contributed by atoms with van der Waals surface area (Å²) in [6.07, 6.45) is 3.67. The molecule has 0 N–H and O–H groups in total. The number of ketones is 1. The van der Waals surface area contributed by atoms with E-state index in [1.54, 1.807) is 18.5 Å². The third-order valence-corrected chi connectivity index (χ3v) is 1.67. The molecule has 3 heteroatoms. The SMILES string of the molecule is CCOc1cncc(C(=O)CC)c1. The van der Waals surface area contributed by atoms with Gasteiger partial charge in [-0.3, -0.25) is 9.78 Å². The molecule has 1 heterocycles. The van der Waals surface area contributed by atoms with E-state index in [2.05, 4.69) is 4.98 Å². The highest BCUT2D eigenvalue weighted by Crippen LogP contribution is 2.12. The first-order valence-corrected chi connectivity index (χ1v) is 4.39. The third kappa shape index (κ3) is 2.54. The van der Waals surface area contributed by atoms with Gasteiger partial charge >= 0.3 is 0 Å². The zero-order valence-corrected chi connectivity index (χ0v) is 7.91. The minimum absolute atomic E-state index is 0.0917. The van der Waals surface area contributed by atoms with Gasteiger partial charge in [0.25, 0.3) is 0 Å². The number of pyridine rings is 1. The summed E-state index contributed by atoms with van der Waals surface area (Å²) in [4.78, 5) is 15.2. The Bertz CT molecular complexity index is 297. The maximum Gasteiger partial charge on any atom is 0.164 e. The summed E-state index contributed by atoms with van der Waals surface area (Å²) >= 11 is 0. The summed E-state index contributed by atoms with van der Waals surface area (Å²) in [6, 6.07) is 1.72. The summed E-state index contributed by atoms with van der Waals surface area (Å²) in [6.45, 7) is 4.31. The lowest BCUT2D eigenvalue weighted by atomic mass is 10.1. The van der Waals surface area contributed by atoms with Gasteiger partial charge in [0.15, 0.2) is 5.78 Å². The average molecular weight is 179 g/mol. The highest BCUT2D eigenvalue weighted by atomic mass is 16.5. The Kier molecular flexibility index (Phi) is 3.43. The van der Waals surface area contributed by atoms with Gasteiger partial charge in [0.05, 0.1) is 12.8 Å². The Morgan fingerprint density at radius 3 is 2.85 bits per heavy atom. The molecule has 0 aliphatic rings. The summed E-state index contributed by atoms with van der Waals surface area (Å²) < 4.78 is 5.23. The molecule has 0 aromatic carbocycles. The van der Waals surface area contributed by atoms with E-state index >= 15 is 0 Å². The van der Waals surface area contributed by atoms with E-state index in [-0.39, 0.29) is 5.78 Å². The fourth-order valence-electron chi connectivity index (χ4n) is 1.02. The van der Waals surface area contributed by atoms with Gasteiger partial charge in [-0.2, -0.15) is 0 Å². The van der Waals surface area contributed by atoms with Crippen LogP contribution in [0.25, 0.3) is 0 Å². The molecular weight excluding hydrogens is 166 g/mol. The van der Waals surface area contributed by atoms with Crippen molar-refractivity contribution in [1.29, 1.82) is 0 Å². The summed E-state index contributed by atoms with van der Waals surface area (Å²) in [7, 11) is 0. The lowest BCUT2D eigenvalue weighted by Crippen LogP contribution is -1.99. The van der Waals surface area contributed by atoms with Crippen molar-refractivity contribution in [3.63, 3.8) is 0 Å². The Morgan fingerprint density at radius 1 is 1.46 bits per heavy atom. The number of carbonyl (C=O) groups excluding carboxylic acids is 1. The molecule has 13 heavy (non-hydrogen) atoms. The van der Waals surface area contributed by atoms with Crippen molar-refractivity contribution < 1.29 is 9.53 Å². The number of hydrogen-bond acceptors (Lipinski definition) is 3. The molecule has 0 bridgehead atoms. The first kappa shape index (κ1) is 9.71. The standard InChI is InChI=1S/C10H13NO2/c1-3-10(12)8-5-9(13-4-2)7-11-6-8/h5-7H,3-4H2,1-2H3. The van der Waals surface area contributed by atoms with Crippen molar-refractivity contribution in [2.45, 2.75) is 20.3 Å². The predicted octanol–water partition coefficient (Wildman–Crippen LogP) is 2.07. The van der Waals surface area contributed by atoms with Gasteiger partial charge in [-0.1, -0.05) is 6.92 Å². The number of carbonyl (C=O) groups is 1. The molecule has 0 fully saturated rings. The van der Waals surface area contributed by atoms with Crippen molar-refractivity contribution in [1.82, 2.24) is 4.98 Å². The molecule has 1 rings (SSSR count). The van der Waals surface area contributed by atoms with Crippen LogP contribution < -0.4 is 4.74 Å². The van der Waals surface area contributed by atoms with Gasteiger partial charge in [0, 0.05) is 18.2 Å². The number of ether oxygens (including phenoxy) is 1. The van der Waals surface area contributed by atoms with Crippen LogP contribution in [0, 0.1) is 0 Å². The Labute approximate surface area is 77.8 Å². The molecule has 0 aliphatic heterocycles. The van der Waals surface area contributed by atoms with Gasteiger partial charge in [0.1, 0.15) is 5.75 Å². The van der Waals surface area contributed by atoms with Crippen LogP contribution in [0.5, 0.6) is 5.75 Å². The molecule has 0 saturated carbocycles. The lowest BCUT2D eigenvalue weighted by molar-refractivity contribution is 0.0987. The molecule has 0 radical (unpaired) electrons. The van der Waals surface area contributed by atoms with Crippen molar-refractivity contribution in [2.24, 2.45) is 0 Å². The molecule has 0 atom stereocenters. The molecule has 0 unspecified atom stereocenters. The van der Waals surface area contributed by atoms with Crippen LogP contribution >= 0.6 is 0 Å². The zero-order valence-electron chi connectivity index (χ0n) is 7.91. The molecular formula is C10H13NO2. The van der Waals surface area contributed by atoms with E-state index in [9.17, 15) is 4.79 Å². The smallest absolute Gasteiger partial charge is 0.164 e. The van der Waals surface area contributed by atoms with E-state index in [0.717, 1.165) is 0 Å². The maximum atomic E-state index is 11.3. The van der Waals surface area contributed by atoms with Crippen LogP contribution in [0.1, 0.15) is 30.6 Å². The van der Waals surface area contributed by atoms with E-state index in [1.165, 1.54) is 0 Å².